The van der Waals surface area contributed by atoms with E-state index in [1.54, 1.807) is 9.58 Å². The Hall–Kier alpha value is -3.56. The van der Waals surface area contributed by atoms with Crippen molar-refractivity contribution in [1.82, 2.24) is 19.3 Å². The number of amides is 1. The minimum Gasteiger partial charge on any atom is -0.481 e. The normalized spacial score (nSPS) is 22.2. The van der Waals surface area contributed by atoms with Crippen molar-refractivity contribution >= 4 is 40.5 Å². The van der Waals surface area contributed by atoms with Crippen LogP contribution in [0.3, 0.4) is 0 Å². The number of methoxy groups -OCH3 is 1. The summed E-state index contributed by atoms with van der Waals surface area (Å²) in [5, 5.41) is 17.6. The first kappa shape index (κ1) is 23.2. The van der Waals surface area contributed by atoms with Gasteiger partial charge in [-0.25, -0.2) is 9.78 Å². The van der Waals surface area contributed by atoms with Gasteiger partial charge in [-0.3, -0.25) is 14.4 Å². The van der Waals surface area contributed by atoms with Gasteiger partial charge in [0.05, 0.1) is 35.4 Å². The Balaban J connectivity index is 1.66. The number of rotatable bonds is 4. The Kier molecular flexibility index (Phi) is 5.90. The number of nitrogens with one attached hydrogen (secondary N) is 1. The van der Waals surface area contributed by atoms with Crippen LogP contribution in [0.5, 0.6) is 0 Å². The second-order valence-corrected chi connectivity index (χ2v) is 9.74. The lowest BCUT2D eigenvalue weighted by Gasteiger charge is -2.34. The molecule has 10 heteroatoms. The Morgan fingerprint density at radius 2 is 2.03 bits per heavy atom. The number of anilines is 3. The lowest BCUT2D eigenvalue weighted by Crippen LogP contribution is -2.42. The van der Waals surface area contributed by atoms with E-state index in [1.165, 1.54) is 7.11 Å². The molecule has 1 aliphatic heterocycles. The molecule has 1 aliphatic carbocycles. The Morgan fingerprint density at radius 3 is 2.71 bits per heavy atom. The zero-order chi connectivity index (χ0) is 24.9. The minimum atomic E-state index is -0.740. The summed E-state index contributed by atoms with van der Waals surface area (Å²) in [4.78, 5) is 31.1. The van der Waals surface area contributed by atoms with E-state index >= 15 is 0 Å². The molecule has 0 unspecified atom stereocenters. The van der Waals surface area contributed by atoms with E-state index in [-0.39, 0.29) is 24.1 Å². The topological polar surface area (TPSA) is 115 Å². The highest BCUT2D eigenvalue weighted by molar-refractivity contribution is 5.96. The Labute approximate surface area is 203 Å². The SMILES string of the molecule is COC(=O)N1c2ccc3c(nc(Nc4cc(C)nn4C)n3[C@@H]3CCC[C@@H](C(=O)O)C3)c2CC[C@@H]1C. The fraction of sp³-hybridized carbons (Fsp3) is 0.520. The highest BCUT2D eigenvalue weighted by Crippen LogP contribution is 2.42. The number of hydrogen-bond acceptors (Lipinski definition) is 6. The highest BCUT2D eigenvalue weighted by Gasteiger charge is 2.34. The molecule has 0 spiro atoms. The van der Waals surface area contributed by atoms with Gasteiger partial charge in [-0.05, 0) is 58.1 Å². The number of aryl methyl sites for hydroxylation is 3. The molecule has 35 heavy (non-hydrogen) atoms. The third-order valence-electron chi connectivity index (χ3n) is 7.43. The second kappa shape index (κ2) is 8.90. The number of aromatic nitrogens is 4. The smallest absolute Gasteiger partial charge is 0.414 e. The van der Waals surface area contributed by atoms with Gasteiger partial charge in [0.1, 0.15) is 5.82 Å². The molecule has 10 nitrogen and oxygen atoms in total. The van der Waals surface area contributed by atoms with Crippen molar-refractivity contribution in [2.24, 2.45) is 13.0 Å². The largest absolute Gasteiger partial charge is 0.481 e. The predicted octanol–water partition coefficient (Wildman–Crippen LogP) is 4.55. The van der Waals surface area contributed by atoms with Crippen LogP contribution in [-0.2, 0) is 23.0 Å². The number of imidazole rings is 1. The molecule has 3 atom stereocenters. The maximum atomic E-state index is 12.6. The molecule has 2 N–H and O–H groups in total. The number of carbonyl (C=O) groups is 2. The van der Waals surface area contributed by atoms with Crippen LogP contribution < -0.4 is 10.2 Å². The van der Waals surface area contributed by atoms with Crippen LogP contribution in [0.1, 0.15) is 56.3 Å². The van der Waals surface area contributed by atoms with Crippen molar-refractivity contribution in [3.05, 3.63) is 29.5 Å². The zero-order valence-corrected chi connectivity index (χ0v) is 20.6. The Bertz CT molecular complexity index is 1290. The number of nitrogens with zero attached hydrogens (tertiary/aromatic N) is 5. The summed E-state index contributed by atoms with van der Waals surface area (Å²) in [6.07, 6.45) is 4.22. The molecule has 0 bridgehead atoms. The van der Waals surface area contributed by atoms with E-state index in [1.807, 2.05) is 39.1 Å². The molecule has 3 heterocycles. The molecule has 1 aromatic carbocycles. The first-order chi connectivity index (χ1) is 16.8. The maximum Gasteiger partial charge on any atom is 0.414 e. The number of carboxylic acid groups (broad SMARTS) is 1. The van der Waals surface area contributed by atoms with Crippen LogP contribution in [0.15, 0.2) is 18.2 Å². The van der Waals surface area contributed by atoms with E-state index in [0.717, 1.165) is 59.5 Å². The number of ether oxygens (including phenoxy) is 1. The van der Waals surface area contributed by atoms with Gasteiger partial charge in [0, 0.05) is 30.8 Å². The quantitative estimate of drug-likeness (QED) is 0.563. The van der Waals surface area contributed by atoms with Gasteiger partial charge in [0.2, 0.25) is 5.95 Å². The van der Waals surface area contributed by atoms with Crippen molar-refractivity contribution in [3.63, 3.8) is 0 Å². The van der Waals surface area contributed by atoms with Gasteiger partial charge in [-0.15, -0.1) is 0 Å². The van der Waals surface area contributed by atoms with Crippen molar-refractivity contribution in [1.29, 1.82) is 0 Å². The highest BCUT2D eigenvalue weighted by atomic mass is 16.5. The van der Waals surface area contributed by atoms with E-state index in [0.29, 0.717) is 18.8 Å². The van der Waals surface area contributed by atoms with Crippen molar-refractivity contribution in [2.45, 2.75) is 64.5 Å². The standard InChI is InChI=1S/C25H32N6O4/c1-14-12-21(29(3)28-14)26-24-27-22-18-9-8-15(2)30(25(34)35-4)19(18)10-11-20(22)31(24)17-7-5-6-16(13-17)23(32)33/h10-12,15-17H,5-9,13H2,1-4H3,(H,26,27)(H,32,33)/t15-,16+,17+/m0/s1. The summed E-state index contributed by atoms with van der Waals surface area (Å²) in [6, 6.07) is 5.96. The number of aliphatic carboxylic acids is 1. The van der Waals surface area contributed by atoms with E-state index in [4.69, 9.17) is 9.72 Å². The fourth-order valence-corrected chi connectivity index (χ4v) is 5.70. The molecule has 1 fully saturated rings. The third-order valence-corrected chi connectivity index (χ3v) is 7.43. The molecular formula is C25H32N6O4. The lowest BCUT2D eigenvalue weighted by atomic mass is 9.85. The maximum absolute atomic E-state index is 12.6. The zero-order valence-electron chi connectivity index (χ0n) is 20.6. The van der Waals surface area contributed by atoms with Gasteiger partial charge in [-0.1, -0.05) is 6.42 Å². The van der Waals surface area contributed by atoms with Crippen molar-refractivity contribution in [3.8, 4) is 0 Å². The first-order valence-corrected chi connectivity index (χ1v) is 12.2. The van der Waals surface area contributed by atoms with Gasteiger partial charge < -0.3 is 19.7 Å². The second-order valence-electron chi connectivity index (χ2n) is 9.74. The van der Waals surface area contributed by atoms with E-state index < -0.39 is 5.97 Å². The van der Waals surface area contributed by atoms with Crippen LogP contribution in [-0.4, -0.2) is 49.7 Å². The lowest BCUT2D eigenvalue weighted by molar-refractivity contribution is -0.143. The molecule has 3 aromatic rings. The molecule has 2 aromatic heterocycles. The summed E-state index contributed by atoms with van der Waals surface area (Å²) >= 11 is 0. The molecule has 2 aliphatic rings. The van der Waals surface area contributed by atoms with Gasteiger partial charge in [0.15, 0.2) is 0 Å². The number of fused-ring (bicyclic) bond motifs is 3. The van der Waals surface area contributed by atoms with Crippen LogP contribution in [0.25, 0.3) is 11.0 Å². The average molecular weight is 481 g/mol. The van der Waals surface area contributed by atoms with Gasteiger partial charge in [-0.2, -0.15) is 5.10 Å². The molecular weight excluding hydrogens is 448 g/mol. The fourth-order valence-electron chi connectivity index (χ4n) is 5.70. The van der Waals surface area contributed by atoms with Gasteiger partial charge in [0.25, 0.3) is 0 Å². The summed E-state index contributed by atoms with van der Waals surface area (Å²) in [7, 11) is 3.28. The molecule has 0 saturated heterocycles. The van der Waals surface area contributed by atoms with Crippen LogP contribution >= 0.6 is 0 Å². The molecule has 1 saturated carbocycles. The van der Waals surface area contributed by atoms with Gasteiger partial charge >= 0.3 is 12.1 Å². The Morgan fingerprint density at radius 1 is 1.23 bits per heavy atom. The summed E-state index contributed by atoms with van der Waals surface area (Å²) in [6.45, 7) is 3.96. The summed E-state index contributed by atoms with van der Waals surface area (Å²) < 4.78 is 9.00. The summed E-state index contributed by atoms with van der Waals surface area (Å²) in [5.41, 5.74) is 4.51. The third kappa shape index (κ3) is 4.00. The number of benzene rings is 1. The molecule has 5 rings (SSSR count). The molecule has 186 valence electrons. The van der Waals surface area contributed by atoms with Crippen molar-refractivity contribution < 1.29 is 19.4 Å². The predicted molar refractivity (Wildman–Crippen MR) is 132 cm³/mol. The van der Waals surface area contributed by atoms with Crippen LogP contribution in [0.2, 0.25) is 0 Å². The first-order valence-electron chi connectivity index (χ1n) is 12.2. The summed E-state index contributed by atoms with van der Waals surface area (Å²) in [5.74, 6) is 0.362. The van der Waals surface area contributed by atoms with E-state index in [2.05, 4.69) is 15.0 Å². The van der Waals surface area contributed by atoms with Crippen LogP contribution in [0, 0.1) is 12.8 Å². The monoisotopic (exact) mass is 480 g/mol. The van der Waals surface area contributed by atoms with Crippen molar-refractivity contribution in [2.75, 3.05) is 17.3 Å². The molecule has 0 radical (unpaired) electrons. The van der Waals surface area contributed by atoms with Crippen LogP contribution in [0.4, 0.5) is 22.2 Å². The average Bonchev–Trinajstić information content (AvgIpc) is 3.36. The number of carbonyl (C=O) groups excluding carboxylic acids is 1. The number of carboxylic acids is 1. The number of hydrogen-bond donors (Lipinski definition) is 2. The van der Waals surface area contributed by atoms with E-state index in [9.17, 15) is 14.7 Å². The minimum absolute atomic E-state index is 0.00366. The molecule has 1 amide bonds.